The highest BCUT2D eigenvalue weighted by Gasteiger charge is 2.13. The van der Waals surface area contributed by atoms with E-state index in [-0.39, 0.29) is 39.6 Å². The molecule has 0 aromatic carbocycles. The van der Waals surface area contributed by atoms with Crippen molar-refractivity contribution in [3.05, 3.63) is 0 Å². The highest BCUT2D eigenvalue weighted by Crippen LogP contribution is 1.96. The standard InChI is InChI=1S/C9H18O6/c10-7-1-13-3-8(11)4-15-6-9(12)5-14-2-7/h7-12H,1-6H2. The van der Waals surface area contributed by atoms with Gasteiger partial charge in [-0.3, -0.25) is 0 Å². The fourth-order valence-electron chi connectivity index (χ4n) is 1.16. The van der Waals surface area contributed by atoms with Gasteiger partial charge in [0.2, 0.25) is 0 Å². The van der Waals surface area contributed by atoms with Crippen LogP contribution in [0.5, 0.6) is 0 Å². The van der Waals surface area contributed by atoms with Crippen molar-refractivity contribution in [2.24, 2.45) is 0 Å². The molecule has 0 unspecified atom stereocenters. The van der Waals surface area contributed by atoms with E-state index in [0.717, 1.165) is 0 Å². The van der Waals surface area contributed by atoms with Gasteiger partial charge in [-0.1, -0.05) is 0 Å². The Morgan fingerprint density at radius 3 is 0.933 bits per heavy atom. The minimum absolute atomic E-state index is 0.104. The SMILES string of the molecule is OC1COCC(O)COCC(O)COC1. The van der Waals surface area contributed by atoms with Crippen LogP contribution < -0.4 is 0 Å². The first-order valence-electron chi connectivity index (χ1n) is 4.96. The molecule has 0 bridgehead atoms. The second-order valence-electron chi connectivity index (χ2n) is 3.57. The summed E-state index contributed by atoms with van der Waals surface area (Å²) < 4.78 is 15.1. The predicted octanol–water partition coefficient (Wildman–Crippen LogP) is -1.87. The summed E-state index contributed by atoms with van der Waals surface area (Å²) >= 11 is 0. The van der Waals surface area contributed by atoms with Crippen molar-refractivity contribution in [3.63, 3.8) is 0 Å². The van der Waals surface area contributed by atoms with Crippen LogP contribution in [0.1, 0.15) is 0 Å². The molecule has 1 aliphatic rings. The Morgan fingerprint density at radius 1 is 0.533 bits per heavy atom. The van der Waals surface area contributed by atoms with Crippen LogP contribution in [0.3, 0.4) is 0 Å². The molecule has 0 aromatic rings. The van der Waals surface area contributed by atoms with Gasteiger partial charge < -0.3 is 29.5 Å². The van der Waals surface area contributed by atoms with E-state index in [0.29, 0.717) is 0 Å². The maximum atomic E-state index is 9.32. The van der Waals surface area contributed by atoms with Crippen LogP contribution in [0.25, 0.3) is 0 Å². The molecule has 0 aliphatic carbocycles. The lowest BCUT2D eigenvalue weighted by atomic mass is 10.3. The zero-order valence-electron chi connectivity index (χ0n) is 8.54. The molecule has 1 aliphatic heterocycles. The molecular weight excluding hydrogens is 204 g/mol. The molecule has 1 fully saturated rings. The monoisotopic (exact) mass is 222 g/mol. The lowest BCUT2D eigenvalue weighted by molar-refractivity contribution is -0.0936. The Bertz CT molecular complexity index is 124. The number of ether oxygens (including phenoxy) is 3. The van der Waals surface area contributed by atoms with Crippen molar-refractivity contribution in [1.29, 1.82) is 0 Å². The van der Waals surface area contributed by atoms with Gasteiger partial charge in [0, 0.05) is 0 Å². The molecule has 90 valence electrons. The van der Waals surface area contributed by atoms with Gasteiger partial charge in [-0.15, -0.1) is 0 Å². The summed E-state index contributed by atoms with van der Waals surface area (Å²) in [7, 11) is 0. The predicted molar refractivity (Wildman–Crippen MR) is 50.5 cm³/mol. The van der Waals surface area contributed by atoms with Crippen molar-refractivity contribution in [1.82, 2.24) is 0 Å². The minimum Gasteiger partial charge on any atom is -0.388 e. The fraction of sp³-hybridized carbons (Fsp3) is 1.00. The summed E-state index contributed by atoms with van der Waals surface area (Å²) in [6.45, 7) is 0.626. The maximum Gasteiger partial charge on any atom is 0.101 e. The van der Waals surface area contributed by atoms with E-state index in [4.69, 9.17) is 14.2 Å². The van der Waals surface area contributed by atoms with Crippen LogP contribution >= 0.6 is 0 Å². The van der Waals surface area contributed by atoms with E-state index in [9.17, 15) is 15.3 Å². The number of hydrogen-bond acceptors (Lipinski definition) is 6. The molecule has 6 nitrogen and oxygen atoms in total. The largest absolute Gasteiger partial charge is 0.388 e. The van der Waals surface area contributed by atoms with Gasteiger partial charge in [0.25, 0.3) is 0 Å². The van der Waals surface area contributed by atoms with Gasteiger partial charge in [0.1, 0.15) is 18.3 Å². The second-order valence-corrected chi connectivity index (χ2v) is 3.57. The molecule has 0 spiro atoms. The molecule has 0 atom stereocenters. The van der Waals surface area contributed by atoms with Gasteiger partial charge in [-0.05, 0) is 0 Å². The van der Waals surface area contributed by atoms with E-state index in [1.165, 1.54) is 0 Å². The lowest BCUT2D eigenvalue weighted by Crippen LogP contribution is -2.32. The molecule has 0 aromatic heterocycles. The van der Waals surface area contributed by atoms with Crippen LogP contribution in [0.15, 0.2) is 0 Å². The number of hydrogen-bond donors (Lipinski definition) is 3. The van der Waals surface area contributed by atoms with Gasteiger partial charge in [0.15, 0.2) is 0 Å². The Labute approximate surface area is 88.4 Å². The summed E-state index contributed by atoms with van der Waals surface area (Å²) in [5, 5.41) is 28.0. The third-order valence-electron chi connectivity index (χ3n) is 1.86. The summed E-state index contributed by atoms with van der Waals surface area (Å²) in [6.07, 6.45) is -2.20. The minimum atomic E-state index is -0.732. The number of rotatable bonds is 0. The molecule has 3 N–H and O–H groups in total. The van der Waals surface area contributed by atoms with Crippen molar-refractivity contribution in [2.75, 3.05) is 39.6 Å². The van der Waals surface area contributed by atoms with E-state index < -0.39 is 18.3 Å². The quantitative estimate of drug-likeness (QED) is 0.445. The van der Waals surface area contributed by atoms with E-state index in [1.54, 1.807) is 0 Å². The Kier molecular flexibility index (Phi) is 6.07. The van der Waals surface area contributed by atoms with Gasteiger partial charge in [-0.25, -0.2) is 0 Å². The Morgan fingerprint density at radius 2 is 0.733 bits per heavy atom. The lowest BCUT2D eigenvalue weighted by Gasteiger charge is -2.18. The highest BCUT2D eigenvalue weighted by molar-refractivity contribution is 4.59. The normalized spacial score (nSPS) is 36.6. The summed E-state index contributed by atoms with van der Waals surface area (Å²) in [4.78, 5) is 0. The number of aliphatic hydroxyl groups is 3. The first-order chi connectivity index (χ1) is 7.18. The molecule has 6 heteroatoms. The average molecular weight is 222 g/mol. The first-order valence-corrected chi connectivity index (χ1v) is 4.96. The smallest absolute Gasteiger partial charge is 0.101 e. The molecule has 0 saturated carbocycles. The van der Waals surface area contributed by atoms with Crippen molar-refractivity contribution >= 4 is 0 Å². The average Bonchev–Trinajstić information content (AvgIpc) is 2.16. The summed E-state index contributed by atoms with van der Waals surface area (Å²) in [5.41, 5.74) is 0. The first kappa shape index (κ1) is 12.8. The molecule has 0 amide bonds. The second kappa shape index (κ2) is 7.10. The zero-order chi connectivity index (χ0) is 11.1. The Balaban J connectivity index is 2.30. The van der Waals surface area contributed by atoms with Crippen molar-refractivity contribution < 1.29 is 29.5 Å². The van der Waals surface area contributed by atoms with E-state index in [1.807, 2.05) is 0 Å². The fourth-order valence-corrected chi connectivity index (χ4v) is 1.16. The van der Waals surface area contributed by atoms with Gasteiger partial charge in [0.05, 0.1) is 39.6 Å². The van der Waals surface area contributed by atoms with E-state index in [2.05, 4.69) is 0 Å². The summed E-state index contributed by atoms with van der Waals surface area (Å²) in [6, 6.07) is 0. The van der Waals surface area contributed by atoms with Crippen LogP contribution in [-0.4, -0.2) is 73.3 Å². The third kappa shape index (κ3) is 6.03. The molecule has 1 saturated heterocycles. The Hall–Kier alpha value is -0.240. The van der Waals surface area contributed by atoms with E-state index >= 15 is 0 Å². The van der Waals surface area contributed by atoms with Crippen LogP contribution in [0, 0.1) is 0 Å². The van der Waals surface area contributed by atoms with Crippen LogP contribution in [0.4, 0.5) is 0 Å². The summed E-state index contributed by atoms with van der Waals surface area (Å²) in [5.74, 6) is 0. The highest BCUT2D eigenvalue weighted by atomic mass is 16.5. The van der Waals surface area contributed by atoms with Crippen molar-refractivity contribution in [2.45, 2.75) is 18.3 Å². The molecular formula is C9H18O6. The molecule has 1 heterocycles. The van der Waals surface area contributed by atoms with Crippen LogP contribution in [0.2, 0.25) is 0 Å². The molecule has 15 heavy (non-hydrogen) atoms. The van der Waals surface area contributed by atoms with Crippen molar-refractivity contribution in [3.8, 4) is 0 Å². The topological polar surface area (TPSA) is 88.4 Å². The van der Waals surface area contributed by atoms with Gasteiger partial charge in [-0.2, -0.15) is 0 Å². The van der Waals surface area contributed by atoms with Crippen LogP contribution in [-0.2, 0) is 14.2 Å². The number of aliphatic hydroxyl groups excluding tert-OH is 3. The zero-order valence-corrected chi connectivity index (χ0v) is 8.54. The van der Waals surface area contributed by atoms with Gasteiger partial charge >= 0.3 is 0 Å². The molecule has 0 radical (unpaired) electrons. The maximum absolute atomic E-state index is 9.32. The third-order valence-corrected chi connectivity index (χ3v) is 1.86. The molecule has 1 rings (SSSR count).